The molecule has 0 atom stereocenters. The molecule has 0 bridgehead atoms. The molecule has 0 unspecified atom stereocenters. The van der Waals surface area contributed by atoms with E-state index >= 15 is 0 Å². The molecule has 1 amide bonds. The van der Waals surface area contributed by atoms with Crippen molar-refractivity contribution in [3.63, 3.8) is 0 Å². The zero-order chi connectivity index (χ0) is 8.10. The van der Waals surface area contributed by atoms with Crippen molar-refractivity contribution in [2.24, 2.45) is 0 Å². The third kappa shape index (κ3) is 4.32. The van der Waals surface area contributed by atoms with Crippen LogP contribution >= 0.6 is 0 Å². The summed E-state index contributed by atoms with van der Waals surface area (Å²) in [5.41, 5.74) is 2.09. The molecule has 0 saturated carbocycles. The number of hydrogen-bond donors (Lipinski definition) is 1. The molecule has 12 heavy (non-hydrogen) atoms. The second kappa shape index (κ2) is 6.74. The Hall–Kier alpha value is 0.256. The monoisotopic (exact) mass is 188 g/mol. The van der Waals surface area contributed by atoms with E-state index in [9.17, 15) is 4.79 Å². The molecule has 1 aromatic rings. The maximum atomic E-state index is 9.81. The minimum absolute atomic E-state index is 0. The van der Waals surface area contributed by atoms with Crippen LogP contribution in [0.2, 0.25) is 0 Å². The van der Waals surface area contributed by atoms with Gasteiger partial charge in [0, 0.05) is 18.9 Å². The Morgan fingerprint density at radius 3 is 2.92 bits per heavy atom. The first-order valence-corrected chi connectivity index (χ1v) is 3.33. The molecule has 1 aromatic heterocycles. The number of amides is 1. The molecule has 4 heteroatoms. The molecule has 0 aliphatic heterocycles. The molecule has 1 rings (SSSR count). The number of pyridine rings is 1. The predicted molar refractivity (Wildman–Crippen MR) is 41.5 cm³/mol. The first kappa shape index (κ1) is 12.3. The molecule has 0 fully saturated rings. The van der Waals surface area contributed by atoms with Crippen molar-refractivity contribution in [3.05, 3.63) is 29.6 Å². The van der Waals surface area contributed by atoms with Gasteiger partial charge in [0.25, 0.3) is 0 Å². The SMILES string of the molecule is Cc1cncc(CN[C-]=O)c1.[K+]. The Labute approximate surface area is 114 Å². The van der Waals surface area contributed by atoms with E-state index in [1.807, 2.05) is 13.0 Å². The average molecular weight is 188 g/mol. The van der Waals surface area contributed by atoms with E-state index in [1.165, 1.54) is 0 Å². The number of nitrogens with one attached hydrogen (secondary N) is 1. The minimum atomic E-state index is 0. The molecule has 0 spiro atoms. The van der Waals surface area contributed by atoms with Gasteiger partial charge in [-0.2, -0.15) is 6.41 Å². The maximum absolute atomic E-state index is 9.81. The van der Waals surface area contributed by atoms with Crippen LogP contribution in [0.5, 0.6) is 0 Å². The smallest absolute Gasteiger partial charge is 0.526 e. The molecule has 3 nitrogen and oxygen atoms in total. The number of aryl methyl sites for hydroxylation is 1. The van der Waals surface area contributed by atoms with Gasteiger partial charge in [0.2, 0.25) is 0 Å². The largest absolute Gasteiger partial charge is 1.00 e. The molecule has 58 valence electrons. The van der Waals surface area contributed by atoms with E-state index in [4.69, 9.17) is 0 Å². The Morgan fingerprint density at radius 1 is 1.58 bits per heavy atom. The summed E-state index contributed by atoms with van der Waals surface area (Å²) >= 11 is 0. The summed E-state index contributed by atoms with van der Waals surface area (Å²) in [4.78, 5) is 13.8. The summed E-state index contributed by atoms with van der Waals surface area (Å²) in [5, 5.41) is 2.45. The normalized spacial score (nSPS) is 8.42. The third-order valence-electron chi connectivity index (χ3n) is 1.30. The van der Waals surface area contributed by atoms with E-state index < -0.39 is 0 Å². The Bertz CT molecular complexity index is 253. The molecule has 1 heterocycles. The number of hydrogen-bond acceptors (Lipinski definition) is 2. The molecule has 1 N–H and O–H groups in total. The summed E-state index contributed by atoms with van der Waals surface area (Å²) < 4.78 is 0. The quantitative estimate of drug-likeness (QED) is 0.325. The van der Waals surface area contributed by atoms with Crippen LogP contribution in [0.3, 0.4) is 0 Å². The van der Waals surface area contributed by atoms with Gasteiger partial charge in [-0.3, -0.25) is 4.98 Å². The van der Waals surface area contributed by atoms with Gasteiger partial charge in [-0.05, 0) is 18.1 Å². The fraction of sp³-hybridized carbons (Fsp3) is 0.250. The number of rotatable bonds is 3. The van der Waals surface area contributed by atoms with Crippen molar-refractivity contribution in [1.29, 1.82) is 0 Å². The number of carbonyl (C=O) groups excluding carboxylic acids is 1. The fourth-order valence-electron chi connectivity index (χ4n) is 0.852. The Balaban J connectivity index is 0.00000121. The van der Waals surface area contributed by atoms with Crippen molar-refractivity contribution < 1.29 is 56.2 Å². The van der Waals surface area contributed by atoms with Gasteiger partial charge in [-0.1, -0.05) is 6.07 Å². The molecular weight excluding hydrogens is 179 g/mol. The van der Waals surface area contributed by atoms with Crippen molar-refractivity contribution in [1.82, 2.24) is 10.3 Å². The van der Waals surface area contributed by atoms with Crippen LogP contribution in [0.15, 0.2) is 18.5 Å². The predicted octanol–water partition coefficient (Wildman–Crippen LogP) is -2.45. The second-order valence-corrected chi connectivity index (χ2v) is 2.33. The Morgan fingerprint density at radius 2 is 2.33 bits per heavy atom. The summed E-state index contributed by atoms with van der Waals surface area (Å²) in [5.74, 6) is 0. The zero-order valence-electron chi connectivity index (χ0n) is 7.29. The van der Waals surface area contributed by atoms with E-state index in [1.54, 1.807) is 18.8 Å². The molecule has 0 aliphatic rings. The summed E-state index contributed by atoms with van der Waals surface area (Å²) in [6.07, 6.45) is 5.10. The van der Waals surface area contributed by atoms with E-state index in [-0.39, 0.29) is 51.4 Å². The molecule has 0 aromatic carbocycles. The van der Waals surface area contributed by atoms with Gasteiger partial charge in [0.1, 0.15) is 0 Å². The van der Waals surface area contributed by atoms with Gasteiger partial charge in [0.15, 0.2) is 0 Å². The van der Waals surface area contributed by atoms with Gasteiger partial charge in [-0.25, -0.2) is 0 Å². The molecule has 0 saturated heterocycles. The third-order valence-corrected chi connectivity index (χ3v) is 1.30. The zero-order valence-corrected chi connectivity index (χ0v) is 10.4. The van der Waals surface area contributed by atoms with Gasteiger partial charge >= 0.3 is 51.4 Å². The maximum Gasteiger partial charge on any atom is 1.00 e. The van der Waals surface area contributed by atoms with Gasteiger partial charge < -0.3 is 10.1 Å². The van der Waals surface area contributed by atoms with Gasteiger partial charge in [0.05, 0.1) is 0 Å². The Kier molecular flexibility index (Phi) is 6.88. The van der Waals surface area contributed by atoms with Crippen molar-refractivity contribution in [2.45, 2.75) is 13.5 Å². The summed E-state index contributed by atoms with van der Waals surface area (Å²) in [6.45, 7) is 2.46. The van der Waals surface area contributed by atoms with Crippen LogP contribution < -0.4 is 56.7 Å². The van der Waals surface area contributed by atoms with Gasteiger partial charge in [-0.15, -0.1) is 0 Å². The molecular formula is C8H9KN2O. The fourth-order valence-corrected chi connectivity index (χ4v) is 0.852. The van der Waals surface area contributed by atoms with Crippen LogP contribution in [-0.2, 0) is 11.3 Å². The first-order valence-electron chi connectivity index (χ1n) is 3.33. The van der Waals surface area contributed by atoms with E-state index in [2.05, 4.69) is 10.3 Å². The molecule has 0 radical (unpaired) electrons. The van der Waals surface area contributed by atoms with Crippen LogP contribution in [-0.4, -0.2) is 11.4 Å². The topological polar surface area (TPSA) is 42.0 Å². The van der Waals surface area contributed by atoms with E-state index in [0.717, 1.165) is 11.1 Å². The summed E-state index contributed by atoms with van der Waals surface area (Å²) in [6, 6.07) is 1.97. The van der Waals surface area contributed by atoms with Crippen molar-refractivity contribution >= 4 is 6.41 Å². The first-order chi connectivity index (χ1) is 5.33. The second-order valence-electron chi connectivity index (χ2n) is 2.33. The summed E-state index contributed by atoms with van der Waals surface area (Å²) in [7, 11) is 0. The van der Waals surface area contributed by atoms with Crippen LogP contribution in [0.4, 0.5) is 0 Å². The standard InChI is InChI=1S/C8H9N2O.K/c1-7-2-8(4-9-3-7)5-10-6-11;/h2-4H,5H2,1H3,(H,10,11);/q-1;+1. The van der Waals surface area contributed by atoms with Crippen molar-refractivity contribution in [2.75, 3.05) is 0 Å². The molecule has 0 aliphatic carbocycles. The number of nitrogens with zero attached hydrogens (tertiary/aromatic N) is 1. The minimum Gasteiger partial charge on any atom is -0.526 e. The van der Waals surface area contributed by atoms with Crippen molar-refractivity contribution in [3.8, 4) is 0 Å². The van der Waals surface area contributed by atoms with E-state index in [0.29, 0.717) is 6.54 Å². The average Bonchev–Trinajstić information content (AvgIpc) is 2.01. The number of aromatic nitrogens is 1. The van der Waals surface area contributed by atoms with Crippen LogP contribution in [0.1, 0.15) is 11.1 Å². The van der Waals surface area contributed by atoms with Crippen LogP contribution in [0.25, 0.3) is 0 Å². The van der Waals surface area contributed by atoms with Crippen LogP contribution in [0, 0.1) is 6.92 Å².